The van der Waals surface area contributed by atoms with Crippen LogP contribution in [-0.4, -0.2) is 18.2 Å². The molecule has 0 spiro atoms. The van der Waals surface area contributed by atoms with Crippen LogP contribution in [0.3, 0.4) is 0 Å². The van der Waals surface area contributed by atoms with Crippen LogP contribution in [0.15, 0.2) is 41.1 Å². The van der Waals surface area contributed by atoms with Crippen molar-refractivity contribution in [1.82, 2.24) is 5.16 Å². The van der Waals surface area contributed by atoms with Crippen molar-refractivity contribution < 1.29 is 14.1 Å². The Bertz CT molecular complexity index is 462. The lowest BCUT2D eigenvalue weighted by Gasteiger charge is -2.00. The number of ether oxygens (including phenoxy) is 1. The van der Waals surface area contributed by atoms with Crippen LogP contribution in [0.25, 0.3) is 11.3 Å². The van der Waals surface area contributed by atoms with Crippen LogP contribution in [-0.2, 0) is 4.74 Å². The Labute approximate surface area is 86.5 Å². The summed E-state index contributed by atoms with van der Waals surface area (Å²) < 4.78 is 9.36. The van der Waals surface area contributed by atoms with Crippen molar-refractivity contribution in [2.24, 2.45) is 0 Å². The number of methoxy groups -OCH3 is 1. The lowest BCUT2D eigenvalue weighted by Crippen LogP contribution is -2.00. The molecule has 0 N–H and O–H groups in total. The average Bonchev–Trinajstić information content (AvgIpc) is 2.82. The predicted octanol–water partition coefficient (Wildman–Crippen LogP) is 2.13. The Morgan fingerprint density at radius 1 is 1.40 bits per heavy atom. The Hall–Kier alpha value is -2.10. The van der Waals surface area contributed by atoms with E-state index in [2.05, 4.69) is 9.89 Å². The molecular formula is C11H9NO3. The zero-order valence-electron chi connectivity index (χ0n) is 8.14. The first kappa shape index (κ1) is 9.45. The van der Waals surface area contributed by atoms with Gasteiger partial charge in [0.1, 0.15) is 12.0 Å². The summed E-state index contributed by atoms with van der Waals surface area (Å²) in [5, 5.41) is 3.79. The van der Waals surface area contributed by atoms with Gasteiger partial charge < -0.3 is 9.26 Å². The topological polar surface area (TPSA) is 52.3 Å². The summed E-state index contributed by atoms with van der Waals surface area (Å²) in [6, 6.07) is 8.76. The fourth-order valence-corrected chi connectivity index (χ4v) is 1.28. The van der Waals surface area contributed by atoms with Crippen molar-refractivity contribution in [2.45, 2.75) is 0 Å². The molecule has 0 fully saturated rings. The quantitative estimate of drug-likeness (QED) is 0.701. The van der Waals surface area contributed by atoms with Crippen LogP contribution in [0.4, 0.5) is 0 Å². The van der Waals surface area contributed by atoms with Gasteiger partial charge in [0, 0.05) is 11.6 Å². The van der Waals surface area contributed by atoms with Gasteiger partial charge in [0.05, 0.1) is 12.7 Å². The molecule has 2 aromatic rings. The first-order chi connectivity index (χ1) is 7.31. The highest BCUT2D eigenvalue weighted by Gasteiger charge is 2.07. The highest BCUT2D eigenvalue weighted by molar-refractivity contribution is 5.90. The fraction of sp³-hybridized carbons (Fsp3) is 0.0909. The van der Waals surface area contributed by atoms with E-state index in [1.54, 1.807) is 24.3 Å². The molecule has 0 atom stereocenters. The fourth-order valence-electron chi connectivity index (χ4n) is 1.28. The molecule has 76 valence electrons. The van der Waals surface area contributed by atoms with Crippen LogP contribution in [0.1, 0.15) is 10.4 Å². The van der Waals surface area contributed by atoms with E-state index in [0.29, 0.717) is 11.3 Å². The van der Waals surface area contributed by atoms with Gasteiger partial charge in [0.25, 0.3) is 0 Å². The predicted molar refractivity (Wildman–Crippen MR) is 53.3 cm³/mol. The second-order valence-corrected chi connectivity index (χ2v) is 2.96. The molecule has 4 heteroatoms. The standard InChI is InChI=1S/C11H9NO3/c1-14-11(13)9-4-2-3-8(7-9)10-5-6-15-12-10/h2-7H,1H3. The minimum absolute atomic E-state index is 0.361. The third-order valence-electron chi connectivity index (χ3n) is 2.02. The number of hydrogen-bond acceptors (Lipinski definition) is 4. The molecule has 0 saturated heterocycles. The molecule has 0 bridgehead atoms. The molecule has 0 aliphatic heterocycles. The van der Waals surface area contributed by atoms with E-state index in [1.165, 1.54) is 13.4 Å². The largest absolute Gasteiger partial charge is 0.465 e. The summed E-state index contributed by atoms with van der Waals surface area (Å²) in [7, 11) is 1.35. The monoisotopic (exact) mass is 203 g/mol. The summed E-state index contributed by atoms with van der Waals surface area (Å²) in [6.07, 6.45) is 1.49. The van der Waals surface area contributed by atoms with Gasteiger partial charge in [-0.05, 0) is 12.1 Å². The number of carbonyl (C=O) groups excluding carboxylic acids is 1. The molecule has 1 aromatic heterocycles. The third-order valence-corrected chi connectivity index (χ3v) is 2.02. The maximum atomic E-state index is 11.3. The smallest absolute Gasteiger partial charge is 0.337 e. The maximum Gasteiger partial charge on any atom is 0.337 e. The Morgan fingerprint density at radius 2 is 2.27 bits per heavy atom. The lowest BCUT2D eigenvalue weighted by atomic mass is 10.1. The van der Waals surface area contributed by atoms with E-state index in [0.717, 1.165) is 5.56 Å². The van der Waals surface area contributed by atoms with Crippen molar-refractivity contribution >= 4 is 5.97 Å². The van der Waals surface area contributed by atoms with Crippen LogP contribution >= 0.6 is 0 Å². The number of aromatic nitrogens is 1. The zero-order chi connectivity index (χ0) is 10.7. The van der Waals surface area contributed by atoms with E-state index in [9.17, 15) is 4.79 Å². The van der Waals surface area contributed by atoms with Crippen molar-refractivity contribution in [3.05, 3.63) is 42.2 Å². The van der Waals surface area contributed by atoms with Crippen LogP contribution in [0.5, 0.6) is 0 Å². The summed E-state index contributed by atoms with van der Waals surface area (Å²) in [5.74, 6) is -0.361. The van der Waals surface area contributed by atoms with Gasteiger partial charge in [-0.15, -0.1) is 0 Å². The first-order valence-electron chi connectivity index (χ1n) is 4.40. The normalized spacial score (nSPS) is 9.93. The number of benzene rings is 1. The van der Waals surface area contributed by atoms with Gasteiger partial charge >= 0.3 is 5.97 Å². The molecule has 0 aliphatic carbocycles. The van der Waals surface area contributed by atoms with Gasteiger partial charge in [-0.2, -0.15) is 0 Å². The molecule has 1 heterocycles. The summed E-state index contributed by atoms with van der Waals surface area (Å²) in [6.45, 7) is 0. The van der Waals surface area contributed by atoms with E-state index in [-0.39, 0.29) is 5.97 Å². The number of hydrogen-bond donors (Lipinski definition) is 0. The second kappa shape index (κ2) is 3.96. The average molecular weight is 203 g/mol. The van der Waals surface area contributed by atoms with Crippen molar-refractivity contribution in [3.8, 4) is 11.3 Å². The van der Waals surface area contributed by atoms with Crippen molar-refractivity contribution in [2.75, 3.05) is 7.11 Å². The summed E-state index contributed by atoms with van der Waals surface area (Å²) >= 11 is 0. The van der Waals surface area contributed by atoms with Gasteiger partial charge in [0.15, 0.2) is 0 Å². The molecule has 0 saturated carbocycles. The Kier molecular flexibility index (Phi) is 2.49. The maximum absolute atomic E-state index is 11.3. The number of esters is 1. The van der Waals surface area contributed by atoms with Crippen LogP contribution < -0.4 is 0 Å². The van der Waals surface area contributed by atoms with E-state index in [1.807, 2.05) is 6.07 Å². The molecular weight excluding hydrogens is 194 g/mol. The summed E-state index contributed by atoms with van der Waals surface area (Å²) in [5.41, 5.74) is 2.02. The highest BCUT2D eigenvalue weighted by Crippen LogP contribution is 2.18. The molecule has 0 aliphatic rings. The van der Waals surface area contributed by atoms with E-state index < -0.39 is 0 Å². The van der Waals surface area contributed by atoms with Crippen molar-refractivity contribution in [1.29, 1.82) is 0 Å². The molecule has 1 aromatic carbocycles. The van der Waals surface area contributed by atoms with Crippen LogP contribution in [0.2, 0.25) is 0 Å². The summed E-state index contributed by atoms with van der Waals surface area (Å²) in [4.78, 5) is 11.3. The molecule has 2 rings (SSSR count). The molecule has 0 unspecified atom stereocenters. The molecule has 0 radical (unpaired) electrons. The van der Waals surface area contributed by atoms with Gasteiger partial charge in [-0.25, -0.2) is 4.79 Å². The van der Waals surface area contributed by atoms with Crippen LogP contribution in [0, 0.1) is 0 Å². The number of rotatable bonds is 2. The Morgan fingerprint density at radius 3 is 2.93 bits per heavy atom. The SMILES string of the molecule is COC(=O)c1cccc(-c2ccon2)c1. The third kappa shape index (κ3) is 1.88. The highest BCUT2D eigenvalue weighted by atomic mass is 16.5. The van der Waals surface area contributed by atoms with Gasteiger partial charge in [-0.1, -0.05) is 17.3 Å². The number of nitrogens with zero attached hydrogens (tertiary/aromatic N) is 1. The van der Waals surface area contributed by atoms with Gasteiger partial charge in [-0.3, -0.25) is 0 Å². The minimum Gasteiger partial charge on any atom is -0.465 e. The van der Waals surface area contributed by atoms with Gasteiger partial charge in [0.2, 0.25) is 0 Å². The zero-order valence-corrected chi connectivity index (χ0v) is 8.14. The van der Waals surface area contributed by atoms with E-state index >= 15 is 0 Å². The van der Waals surface area contributed by atoms with E-state index in [4.69, 9.17) is 4.52 Å². The second-order valence-electron chi connectivity index (χ2n) is 2.96. The first-order valence-corrected chi connectivity index (χ1v) is 4.40. The molecule has 0 amide bonds. The Balaban J connectivity index is 2.39. The lowest BCUT2D eigenvalue weighted by molar-refractivity contribution is 0.0601. The molecule has 4 nitrogen and oxygen atoms in total. The number of carbonyl (C=O) groups is 1. The minimum atomic E-state index is -0.361. The van der Waals surface area contributed by atoms with Crippen molar-refractivity contribution in [3.63, 3.8) is 0 Å². The molecule has 15 heavy (non-hydrogen) atoms.